The third kappa shape index (κ3) is 5.52. The lowest BCUT2D eigenvalue weighted by Crippen LogP contribution is -2.59. The Hall–Kier alpha value is -4.17. The largest absolute Gasteiger partial charge is 0.497 e. The summed E-state index contributed by atoms with van der Waals surface area (Å²) in [4.78, 5) is 43.8. The van der Waals surface area contributed by atoms with Crippen LogP contribution >= 0.6 is 0 Å². The van der Waals surface area contributed by atoms with Crippen molar-refractivity contribution in [1.82, 2.24) is 15.1 Å². The number of piperidine rings is 1. The molecule has 8 heteroatoms. The minimum Gasteiger partial charge on any atom is -0.497 e. The van der Waals surface area contributed by atoms with Crippen molar-refractivity contribution in [3.8, 4) is 5.75 Å². The van der Waals surface area contributed by atoms with E-state index in [0.717, 1.165) is 11.1 Å². The summed E-state index contributed by atoms with van der Waals surface area (Å²) < 4.78 is 11.5. The summed E-state index contributed by atoms with van der Waals surface area (Å²) in [7, 11) is 1.58. The van der Waals surface area contributed by atoms with E-state index >= 15 is 0 Å². The minimum absolute atomic E-state index is 0.0842. The normalized spacial score (nSPS) is 18.2. The average Bonchev–Trinajstić information content (AvgIpc) is 3.35. The molecule has 3 aromatic rings. The number of nitrogens with one attached hydrogen (secondary N) is 1. The van der Waals surface area contributed by atoms with Gasteiger partial charge in [0.15, 0.2) is 0 Å². The van der Waals surface area contributed by atoms with Gasteiger partial charge in [-0.2, -0.15) is 0 Å². The molecule has 5 rings (SSSR count). The number of likely N-dealkylation sites (tertiary alicyclic amines) is 1. The molecule has 2 saturated heterocycles. The molecule has 3 amide bonds. The van der Waals surface area contributed by atoms with Gasteiger partial charge in [-0.15, -0.1) is 0 Å². The van der Waals surface area contributed by atoms with Crippen LogP contribution in [-0.2, 0) is 16.1 Å². The molecule has 0 aliphatic carbocycles. The van der Waals surface area contributed by atoms with Crippen LogP contribution in [0, 0.1) is 6.92 Å². The van der Waals surface area contributed by atoms with Crippen LogP contribution in [0.1, 0.15) is 44.7 Å². The SMILES string of the molecule is COc1ccc(C(=O)N2CCC3(CC2)OC[C@@H](C(=O)NCc2ccccc2)N3C(=O)c2ccc(C)cc2)cc1. The number of nitrogens with zero attached hydrogens (tertiary/aromatic N) is 2. The van der Waals surface area contributed by atoms with E-state index in [1.54, 1.807) is 53.3 Å². The van der Waals surface area contributed by atoms with Gasteiger partial charge >= 0.3 is 0 Å². The van der Waals surface area contributed by atoms with Crippen molar-refractivity contribution >= 4 is 17.7 Å². The van der Waals surface area contributed by atoms with Crippen molar-refractivity contribution in [3.63, 3.8) is 0 Å². The first-order valence-corrected chi connectivity index (χ1v) is 13.2. The Morgan fingerprint density at radius 1 is 0.897 bits per heavy atom. The van der Waals surface area contributed by atoms with Gasteiger partial charge in [-0.05, 0) is 48.9 Å². The van der Waals surface area contributed by atoms with Gasteiger partial charge in [0.25, 0.3) is 11.8 Å². The molecule has 1 spiro atoms. The predicted molar refractivity (Wildman–Crippen MR) is 146 cm³/mol. The highest BCUT2D eigenvalue weighted by atomic mass is 16.5. The minimum atomic E-state index is -0.965. The Kier molecular flexibility index (Phi) is 7.65. The molecule has 0 aromatic heterocycles. The number of aryl methyl sites for hydroxylation is 1. The number of rotatable bonds is 6. The van der Waals surface area contributed by atoms with E-state index in [2.05, 4.69) is 5.32 Å². The van der Waals surface area contributed by atoms with Gasteiger partial charge < -0.3 is 19.7 Å². The number of benzene rings is 3. The van der Waals surface area contributed by atoms with Crippen LogP contribution in [0.2, 0.25) is 0 Å². The number of hydrogen-bond acceptors (Lipinski definition) is 5. The van der Waals surface area contributed by atoms with Gasteiger partial charge in [0.05, 0.1) is 13.7 Å². The fraction of sp³-hybridized carbons (Fsp3) is 0.323. The van der Waals surface area contributed by atoms with Crippen LogP contribution in [0.25, 0.3) is 0 Å². The van der Waals surface area contributed by atoms with Crippen LogP contribution < -0.4 is 10.1 Å². The molecule has 1 atom stereocenters. The zero-order valence-corrected chi connectivity index (χ0v) is 22.3. The molecule has 2 aliphatic rings. The molecule has 202 valence electrons. The second kappa shape index (κ2) is 11.3. The van der Waals surface area contributed by atoms with Crippen molar-refractivity contribution in [2.75, 3.05) is 26.8 Å². The van der Waals surface area contributed by atoms with E-state index in [4.69, 9.17) is 9.47 Å². The third-order valence-electron chi connectivity index (χ3n) is 7.56. The number of ether oxygens (including phenoxy) is 2. The number of carbonyl (C=O) groups is 3. The van der Waals surface area contributed by atoms with Gasteiger partial charge in [-0.25, -0.2) is 0 Å². The van der Waals surface area contributed by atoms with Crippen LogP contribution in [0.5, 0.6) is 5.75 Å². The molecule has 2 heterocycles. The number of carbonyl (C=O) groups excluding carboxylic acids is 3. The van der Waals surface area contributed by atoms with E-state index in [0.29, 0.717) is 49.4 Å². The first kappa shape index (κ1) is 26.4. The summed E-state index contributed by atoms with van der Waals surface area (Å²) in [5.41, 5.74) is 2.13. The monoisotopic (exact) mass is 527 g/mol. The van der Waals surface area contributed by atoms with Gasteiger partial charge in [0, 0.05) is 43.6 Å². The smallest absolute Gasteiger partial charge is 0.256 e. The fourth-order valence-electron chi connectivity index (χ4n) is 5.28. The number of methoxy groups -OCH3 is 1. The zero-order chi connectivity index (χ0) is 27.4. The summed E-state index contributed by atoms with van der Waals surface area (Å²) in [5.74, 6) is 0.0969. The summed E-state index contributed by atoms with van der Waals surface area (Å²) in [6, 6.07) is 23.2. The quantitative estimate of drug-likeness (QED) is 0.527. The van der Waals surface area contributed by atoms with Gasteiger partial charge in [-0.1, -0.05) is 48.0 Å². The standard InChI is InChI=1S/C31H33N3O5/c1-22-8-10-25(11-9-22)30(37)34-27(28(35)32-20-23-6-4-3-5-7-23)21-39-31(34)16-18-33(19-17-31)29(36)24-12-14-26(38-2)15-13-24/h3-15,27H,16-21H2,1-2H3,(H,32,35)/t27-/m0/s1. The van der Waals surface area contributed by atoms with Gasteiger partial charge in [-0.3, -0.25) is 19.3 Å². The lowest BCUT2D eigenvalue weighted by Gasteiger charge is -2.44. The maximum Gasteiger partial charge on any atom is 0.256 e. The molecule has 0 bridgehead atoms. The lowest BCUT2D eigenvalue weighted by atomic mass is 9.96. The molecule has 8 nitrogen and oxygen atoms in total. The summed E-state index contributed by atoms with van der Waals surface area (Å²) in [5, 5.41) is 2.98. The third-order valence-corrected chi connectivity index (χ3v) is 7.56. The molecule has 39 heavy (non-hydrogen) atoms. The van der Waals surface area contributed by atoms with E-state index < -0.39 is 11.8 Å². The Labute approximate surface area is 228 Å². The van der Waals surface area contributed by atoms with E-state index in [1.807, 2.05) is 49.4 Å². The van der Waals surface area contributed by atoms with Crippen LogP contribution in [0.15, 0.2) is 78.9 Å². The molecule has 0 radical (unpaired) electrons. The Morgan fingerprint density at radius 3 is 2.15 bits per heavy atom. The number of hydrogen-bond donors (Lipinski definition) is 1. The highest BCUT2D eigenvalue weighted by Crippen LogP contribution is 2.39. The van der Waals surface area contributed by atoms with Crippen LogP contribution in [0.4, 0.5) is 0 Å². The topological polar surface area (TPSA) is 88.2 Å². The highest BCUT2D eigenvalue weighted by molar-refractivity contribution is 5.98. The van der Waals surface area contributed by atoms with E-state index in [-0.39, 0.29) is 24.3 Å². The summed E-state index contributed by atoms with van der Waals surface area (Å²) in [6.45, 7) is 3.23. The predicted octanol–water partition coefficient (Wildman–Crippen LogP) is 3.79. The maximum absolute atomic E-state index is 13.9. The van der Waals surface area contributed by atoms with Crippen molar-refractivity contribution < 1.29 is 23.9 Å². The Morgan fingerprint density at radius 2 is 1.51 bits per heavy atom. The average molecular weight is 528 g/mol. The maximum atomic E-state index is 13.9. The zero-order valence-electron chi connectivity index (χ0n) is 22.3. The molecule has 1 N–H and O–H groups in total. The Bertz CT molecular complexity index is 1320. The first-order chi connectivity index (χ1) is 18.9. The van der Waals surface area contributed by atoms with E-state index in [9.17, 15) is 14.4 Å². The molecule has 0 saturated carbocycles. The van der Waals surface area contributed by atoms with Crippen molar-refractivity contribution in [1.29, 1.82) is 0 Å². The lowest BCUT2D eigenvalue weighted by molar-refractivity contribution is -0.128. The highest BCUT2D eigenvalue weighted by Gasteiger charge is 2.54. The number of amides is 3. The second-order valence-corrected chi connectivity index (χ2v) is 10.0. The van der Waals surface area contributed by atoms with Gasteiger partial charge in [0.1, 0.15) is 17.5 Å². The van der Waals surface area contributed by atoms with Crippen molar-refractivity contribution in [2.45, 2.75) is 38.1 Å². The van der Waals surface area contributed by atoms with Crippen LogP contribution in [-0.4, -0.2) is 66.1 Å². The second-order valence-electron chi connectivity index (χ2n) is 10.0. The molecular formula is C31H33N3O5. The molecule has 3 aromatic carbocycles. The fourth-order valence-corrected chi connectivity index (χ4v) is 5.28. The first-order valence-electron chi connectivity index (χ1n) is 13.2. The van der Waals surface area contributed by atoms with Crippen molar-refractivity contribution in [3.05, 3.63) is 101 Å². The molecule has 2 aliphatic heterocycles. The summed E-state index contributed by atoms with van der Waals surface area (Å²) >= 11 is 0. The van der Waals surface area contributed by atoms with Crippen LogP contribution in [0.3, 0.4) is 0 Å². The van der Waals surface area contributed by atoms with Gasteiger partial charge in [0.2, 0.25) is 5.91 Å². The molecule has 2 fully saturated rings. The van der Waals surface area contributed by atoms with E-state index in [1.165, 1.54) is 0 Å². The molecular weight excluding hydrogens is 494 g/mol. The Balaban J connectivity index is 1.34. The van der Waals surface area contributed by atoms with Crippen molar-refractivity contribution in [2.24, 2.45) is 0 Å². The molecule has 0 unspecified atom stereocenters. The summed E-state index contributed by atoms with van der Waals surface area (Å²) in [6.07, 6.45) is 0.823.